The summed E-state index contributed by atoms with van der Waals surface area (Å²) in [5.74, 6) is 2.59. The first-order valence-electron chi connectivity index (χ1n) is 9.72. The minimum atomic E-state index is -0.0146. The van der Waals surface area contributed by atoms with Crippen molar-refractivity contribution in [2.24, 2.45) is 17.3 Å². The normalized spacial score (nSPS) is 21.7. The predicted molar refractivity (Wildman–Crippen MR) is 99.6 cm³/mol. The number of carbonyl (C=O) groups excluding carboxylic acids is 1. The molecule has 2 aliphatic rings. The minimum absolute atomic E-state index is 0.0146. The lowest BCUT2D eigenvalue weighted by Crippen LogP contribution is -2.33. The molecule has 26 heavy (non-hydrogen) atoms. The van der Waals surface area contributed by atoms with E-state index in [1.54, 1.807) is 0 Å². The van der Waals surface area contributed by atoms with Crippen LogP contribution in [0.3, 0.4) is 0 Å². The standard InChI is InChI=1S/C21H27N3O2/c1-21(2)11-3-4-17(21)13-22-19(25)15-7-9-16(10-8-15)20-23-18(24-26-20)12-14-5-6-14/h7-10,14,17H,3-6,11-13H2,1-2H3,(H,22,25)/t17-/m0/s1. The maximum absolute atomic E-state index is 12.4. The Labute approximate surface area is 154 Å². The van der Waals surface area contributed by atoms with Crippen LogP contribution in [0.15, 0.2) is 28.8 Å². The summed E-state index contributed by atoms with van der Waals surface area (Å²) in [6.45, 7) is 5.35. The van der Waals surface area contributed by atoms with Gasteiger partial charge in [0.15, 0.2) is 5.82 Å². The van der Waals surface area contributed by atoms with Gasteiger partial charge in [-0.05, 0) is 67.2 Å². The lowest BCUT2D eigenvalue weighted by molar-refractivity contribution is 0.0937. The predicted octanol–water partition coefficient (Wildman–Crippen LogP) is 4.25. The average molecular weight is 353 g/mol. The summed E-state index contributed by atoms with van der Waals surface area (Å²) in [6, 6.07) is 7.41. The summed E-state index contributed by atoms with van der Waals surface area (Å²) in [4.78, 5) is 16.9. The molecule has 1 N–H and O–H groups in total. The third-order valence-corrected chi connectivity index (χ3v) is 6.02. The van der Waals surface area contributed by atoms with E-state index in [-0.39, 0.29) is 5.91 Å². The Morgan fingerprint density at radius 2 is 2.00 bits per heavy atom. The minimum Gasteiger partial charge on any atom is -0.352 e. The highest BCUT2D eigenvalue weighted by molar-refractivity contribution is 5.94. The van der Waals surface area contributed by atoms with E-state index in [0.29, 0.717) is 22.8 Å². The van der Waals surface area contributed by atoms with Gasteiger partial charge in [-0.3, -0.25) is 4.79 Å². The zero-order chi connectivity index (χ0) is 18.1. The number of carbonyl (C=O) groups is 1. The second kappa shape index (κ2) is 6.86. The fourth-order valence-corrected chi connectivity index (χ4v) is 3.89. The van der Waals surface area contributed by atoms with E-state index in [4.69, 9.17) is 4.52 Å². The quantitative estimate of drug-likeness (QED) is 0.843. The summed E-state index contributed by atoms with van der Waals surface area (Å²) >= 11 is 0. The first-order chi connectivity index (χ1) is 12.5. The van der Waals surface area contributed by atoms with Gasteiger partial charge in [0.1, 0.15) is 0 Å². The molecule has 1 aromatic heterocycles. The molecule has 5 nitrogen and oxygen atoms in total. The van der Waals surface area contributed by atoms with Crippen LogP contribution in [-0.4, -0.2) is 22.6 Å². The van der Waals surface area contributed by atoms with Gasteiger partial charge in [0.25, 0.3) is 11.8 Å². The van der Waals surface area contributed by atoms with Crippen molar-refractivity contribution in [3.63, 3.8) is 0 Å². The van der Waals surface area contributed by atoms with Crippen molar-refractivity contribution in [3.8, 4) is 11.5 Å². The number of nitrogens with one attached hydrogen (secondary N) is 1. The van der Waals surface area contributed by atoms with Crippen molar-refractivity contribution < 1.29 is 9.32 Å². The van der Waals surface area contributed by atoms with Crippen molar-refractivity contribution in [1.82, 2.24) is 15.5 Å². The zero-order valence-corrected chi connectivity index (χ0v) is 15.6. The van der Waals surface area contributed by atoms with Crippen molar-refractivity contribution in [3.05, 3.63) is 35.7 Å². The average Bonchev–Trinajstić information content (AvgIpc) is 3.20. The Morgan fingerprint density at radius 3 is 2.65 bits per heavy atom. The monoisotopic (exact) mass is 353 g/mol. The van der Waals surface area contributed by atoms with Crippen LogP contribution < -0.4 is 5.32 Å². The lowest BCUT2D eigenvalue weighted by atomic mass is 9.82. The third kappa shape index (κ3) is 3.81. The molecule has 2 aliphatic carbocycles. The molecule has 0 spiro atoms. The maximum Gasteiger partial charge on any atom is 0.257 e. The molecule has 2 fully saturated rings. The molecule has 2 aromatic rings. The summed E-state index contributed by atoms with van der Waals surface area (Å²) in [5.41, 5.74) is 1.85. The largest absolute Gasteiger partial charge is 0.352 e. The highest BCUT2D eigenvalue weighted by Gasteiger charge is 2.34. The van der Waals surface area contributed by atoms with Gasteiger partial charge in [-0.2, -0.15) is 4.98 Å². The molecule has 138 valence electrons. The molecule has 5 heteroatoms. The maximum atomic E-state index is 12.4. The van der Waals surface area contributed by atoms with Crippen LogP contribution in [-0.2, 0) is 6.42 Å². The molecule has 2 saturated carbocycles. The first kappa shape index (κ1) is 17.3. The van der Waals surface area contributed by atoms with Crippen LogP contribution in [0.25, 0.3) is 11.5 Å². The molecule has 0 unspecified atom stereocenters. The summed E-state index contributed by atoms with van der Waals surface area (Å²) in [6.07, 6.45) is 7.15. The number of aromatic nitrogens is 2. The van der Waals surface area contributed by atoms with Crippen LogP contribution >= 0.6 is 0 Å². The molecular weight excluding hydrogens is 326 g/mol. The molecule has 0 saturated heterocycles. The van der Waals surface area contributed by atoms with Gasteiger partial charge in [-0.1, -0.05) is 25.4 Å². The van der Waals surface area contributed by atoms with Crippen LogP contribution in [0.4, 0.5) is 0 Å². The second-order valence-corrected chi connectivity index (χ2v) is 8.53. The Morgan fingerprint density at radius 1 is 1.23 bits per heavy atom. The van der Waals surface area contributed by atoms with E-state index in [9.17, 15) is 4.79 Å². The highest BCUT2D eigenvalue weighted by atomic mass is 16.5. The number of hydrogen-bond donors (Lipinski definition) is 1. The summed E-state index contributed by atoms with van der Waals surface area (Å²) in [5, 5.41) is 7.15. The molecule has 1 atom stereocenters. The Bertz CT molecular complexity index is 775. The summed E-state index contributed by atoms with van der Waals surface area (Å²) < 4.78 is 5.36. The Kier molecular flexibility index (Phi) is 4.55. The molecule has 1 amide bonds. The van der Waals surface area contributed by atoms with E-state index in [1.807, 2.05) is 24.3 Å². The van der Waals surface area contributed by atoms with E-state index in [1.165, 1.54) is 32.1 Å². The van der Waals surface area contributed by atoms with Gasteiger partial charge < -0.3 is 9.84 Å². The van der Waals surface area contributed by atoms with Crippen LogP contribution in [0.2, 0.25) is 0 Å². The molecule has 0 bridgehead atoms. The summed E-state index contributed by atoms with van der Waals surface area (Å²) in [7, 11) is 0. The van der Waals surface area contributed by atoms with Gasteiger partial charge in [0.2, 0.25) is 0 Å². The van der Waals surface area contributed by atoms with E-state index in [2.05, 4.69) is 29.3 Å². The van der Waals surface area contributed by atoms with Crippen LogP contribution in [0.5, 0.6) is 0 Å². The van der Waals surface area contributed by atoms with Crippen molar-refractivity contribution in [1.29, 1.82) is 0 Å². The van der Waals surface area contributed by atoms with Gasteiger partial charge >= 0.3 is 0 Å². The molecule has 1 heterocycles. The van der Waals surface area contributed by atoms with Crippen molar-refractivity contribution >= 4 is 5.91 Å². The van der Waals surface area contributed by atoms with Gasteiger partial charge in [-0.25, -0.2) is 0 Å². The van der Waals surface area contributed by atoms with Gasteiger partial charge in [0.05, 0.1) is 0 Å². The SMILES string of the molecule is CC1(C)CCC[C@H]1CNC(=O)c1ccc(-c2nc(CC3CC3)no2)cc1. The Balaban J connectivity index is 1.36. The molecule has 4 rings (SSSR count). The lowest BCUT2D eigenvalue weighted by Gasteiger charge is -2.27. The van der Waals surface area contributed by atoms with E-state index in [0.717, 1.165) is 30.3 Å². The van der Waals surface area contributed by atoms with Crippen LogP contribution in [0, 0.1) is 17.3 Å². The second-order valence-electron chi connectivity index (χ2n) is 8.53. The number of rotatable bonds is 6. The number of benzene rings is 1. The topological polar surface area (TPSA) is 68.0 Å². The van der Waals surface area contributed by atoms with Gasteiger partial charge in [0, 0.05) is 24.1 Å². The molecule has 0 radical (unpaired) electrons. The van der Waals surface area contributed by atoms with E-state index < -0.39 is 0 Å². The molecule has 1 aromatic carbocycles. The van der Waals surface area contributed by atoms with Gasteiger partial charge in [-0.15, -0.1) is 0 Å². The molecular formula is C21H27N3O2. The van der Waals surface area contributed by atoms with Crippen LogP contribution in [0.1, 0.15) is 62.1 Å². The van der Waals surface area contributed by atoms with Crippen molar-refractivity contribution in [2.75, 3.05) is 6.54 Å². The first-order valence-corrected chi connectivity index (χ1v) is 9.72. The van der Waals surface area contributed by atoms with Crippen molar-refractivity contribution in [2.45, 2.75) is 52.4 Å². The number of hydrogen-bond acceptors (Lipinski definition) is 4. The number of nitrogens with zero attached hydrogens (tertiary/aromatic N) is 2. The third-order valence-electron chi connectivity index (χ3n) is 6.02. The smallest absolute Gasteiger partial charge is 0.257 e. The fraction of sp³-hybridized carbons (Fsp3) is 0.571. The zero-order valence-electron chi connectivity index (χ0n) is 15.6. The molecule has 0 aliphatic heterocycles. The fourth-order valence-electron chi connectivity index (χ4n) is 3.89. The van der Waals surface area contributed by atoms with E-state index >= 15 is 0 Å². The highest BCUT2D eigenvalue weighted by Crippen LogP contribution is 2.42. The Hall–Kier alpha value is -2.17. The number of amides is 1.